The number of para-hydroxylation sites is 1. The molecule has 2 nitrogen and oxygen atoms in total. The molecular formula is C19H23NO. The predicted molar refractivity (Wildman–Crippen MR) is 87.0 cm³/mol. The molecule has 0 aliphatic heterocycles. The molecule has 2 atom stereocenters. The molecule has 0 heterocycles. The van der Waals surface area contributed by atoms with Gasteiger partial charge in [0.15, 0.2) is 0 Å². The number of rotatable bonds is 5. The van der Waals surface area contributed by atoms with Gasteiger partial charge in [0.2, 0.25) is 0 Å². The molecule has 0 saturated carbocycles. The van der Waals surface area contributed by atoms with E-state index in [4.69, 9.17) is 4.74 Å². The SMILES string of the molecule is CNC(Cc1ccccc1OC)C1CCc2ccccc21. The smallest absolute Gasteiger partial charge is 0.122 e. The van der Waals surface area contributed by atoms with Crippen LogP contribution >= 0.6 is 0 Å². The van der Waals surface area contributed by atoms with Crippen molar-refractivity contribution in [2.24, 2.45) is 0 Å². The van der Waals surface area contributed by atoms with E-state index in [0.29, 0.717) is 12.0 Å². The average molecular weight is 281 g/mol. The molecular weight excluding hydrogens is 258 g/mol. The third-order valence-corrected chi connectivity index (χ3v) is 4.67. The van der Waals surface area contributed by atoms with Crippen LogP contribution in [0, 0.1) is 0 Å². The Bertz CT molecular complexity index is 608. The zero-order valence-corrected chi connectivity index (χ0v) is 12.8. The zero-order chi connectivity index (χ0) is 14.7. The van der Waals surface area contributed by atoms with Crippen molar-refractivity contribution < 1.29 is 4.74 Å². The maximum atomic E-state index is 5.50. The van der Waals surface area contributed by atoms with Gasteiger partial charge in [0, 0.05) is 12.0 Å². The summed E-state index contributed by atoms with van der Waals surface area (Å²) in [5.74, 6) is 1.58. The van der Waals surface area contributed by atoms with Crippen LogP contribution < -0.4 is 10.1 Å². The molecule has 1 aliphatic carbocycles. The summed E-state index contributed by atoms with van der Waals surface area (Å²) in [6.07, 6.45) is 3.43. The van der Waals surface area contributed by atoms with Gasteiger partial charge in [-0.3, -0.25) is 0 Å². The third-order valence-electron chi connectivity index (χ3n) is 4.67. The van der Waals surface area contributed by atoms with E-state index >= 15 is 0 Å². The Morgan fingerprint density at radius 1 is 1.14 bits per heavy atom. The summed E-state index contributed by atoms with van der Waals surface area (Å²) in [7, 11) is 3.82. The Morgan fingerprint density at radius 3 is 2.71 bits per heavy atom. The molecule has 0 fully saturated rings. The van der Waals surface area contributed by atoms with Crippen LogP contribution in [0.4, 0.5) is 0 Å². The number of aryl methyl sites for hydroxylation is 1. The standard InChI is InChI=1S/C19H23NO/c1-20-18(13-15-8-4-6-10-19(15)21-2)17-12-11-14-7-3-5-9-16(14)17/h3-10,17-18,20H,11-13H2,1-2H3. The molecule has 0 bridgehead atoms. The molecule has 2 aromatic rings. The second kappa shape index (κ2) is 6.31. The second-order valence-corrected chi connectivity index (χ2v) is 5.76. The summed E-state index contributed by atoms with van der Waals surface area (Å²) in [6, 6.07) is 17.7. The number of nitrogens with one attached hydrogen (secondary N) is 1. The van der Waals surface area contributed by atoms with Crippen LogP contribution in [0.3, 0.4) is 0 Å². The van der Waals surface area contributed by atoms with Crippen molar-refractivity contribution >= 4 is 0 Å². The third kappa shape index (κ3) is 2.81. The van der Waals surface area contributed by atoms with Crippen LogP contribution in [0.25, 0.3) is 0 Å². The average Bonchev–Trinajstić information content (AvgIpc) is 2.97. The van der Waals surface area contributed by atoms with Crippen LogP contribution in [0.1, 0.15) is 29.0 Å². The highest BCUT2D eigenvalue weighted by Crippen LogP contribution is 2.36. The van der Waals surface area contributed by atoms with E-state index in [2.05, 4.69) is 48.8 Å². The number of likely N-dealkylation sites (N-methyl/N-ethyl adjacent to an activating group) is 1. The number of fused-ring (bicyclic) bond motifs is 1. The minimum Gasteiger partial charge on any atom is -0.496 e. The number of ether oxygens (including phenoxy) is 1. The molecule has 0 saturated heterocycles. The van der Waals surface area contributed by atoms with Crippen LogP contribution in [-0.4, -0.2) is 20.2 Å². The lowest BCUT2D eigenvalue weighted by Gasteiger charge is -2.25. The molecule has 0 amide bonds. The lowest BCUT2D eigenvalue weighted by atomic mass is 9.88. The van der Waals surface area contributed by atoms with Crippen LogP contribution in [0.2, 0.25) is 0 Å². The maximum Gasteiger partial charge on any atom is 0.122 e. The van der Waals surface area contributed by atoms with Gasteiger partial charge < -0.3 is 10.1 Å². The molecule has 21 heavy (non-hydrogen) atoms. The van der Waals surface area contributed by atoms with Gasteiger partial charge in [-0.25, -0.2) is 0 Å². The van der Waals surface area contributed by atoms with Gasteiger partial charge in [-0.15, -0.1) is 0 Å². The molecule has 3 rings (SSSR count). The first-order valence-electron chi connectivity index (χ1n) is 7.70. The largest absolute Gasteiger partial charge is 0.496 e. The molecule has 0 aromatic heterocycles. The lowest BCUT2D eigenvalue weighted by Crippen LogP contribution is -2.33. The van der Waals surface area contributed by atoms with Crippen LogP contribution in [0.15, 0.2) is 48.5 Å². The van der Waals surface area contributed by atoms with Crippen molar-refractivity contribution in [1.29, 1.82) is 0 Å². The van der Waals surface area contributed by atoms with E-state index < -0.39 is 0 Å². The maximum absolute atomic E-state index is 5.50. The Balaban J connectivity index is 1.83. The summed E-state index contributed by atoms with van der Waals surface area (Å²) in [5.41, 5.74) is 4.32. The zero-order valence-electron chi connectivity index (χ0n) is 12.8. The molecule has 2 unspecified atom stereocenters. The first-order chi connectivity index (χ1) is 10.3. The van der Waals surface area contributed by atoms with E-state index in [9.17, 15) is 0 Å². The van der Waals surface area contributed by atoms with E-state index in [1.807, 2.05) is 12.1 Å². The highest BCUT2D eigenvalue weighted by molar-refractivity contribution is 5.38. The fraction of sp³-hybridized carbons (Fsp3) is 0.368. The van der Waals surface area contributed by atoms with Gasteiger partial charge in [-0.1, -0.05) is 42.5 Å². The molecule has 1 aliphatic rings. The van der Waals surface area contributed by atoms with Crippen molar-refractivity contribution in [2.75, 3.05) is 14.2 Å². The van der Waals surface area contributed by atoms with E-state index in [1.54, 1.807) is 7.11 Å². The Kier molecular flexibility index (Phi) is 4.26. The minimum atomic E-state index is 0.449. The number of methoxy groups -OCH3 is 1. The first kappa shape index (κ1) is 14.2. The number of hydrogen-bond donors (Lipinski definition) is 1. The predicted octanol–water partition coefficient (Wildman–Crippen LogP) is 3.56. The van der Waals surface area contributed by atoms with Crippen LogP contribution in [0.5, 0.6) is 5.75 Å². The molecule has 2 heteroatoms. The van der Waals surface area contributed by atoms with E-state index in [-0.39, 0.29) is 0 Å². The summed E-state index contributed by atoms with van der Waals surface area (Å²) >= 11 is 0. The number of benzene rings is 2. The normalized spacial score (nSPS) is 18.3. The Morgan fingerprint density at radius 2 is 1.90 bits per heavy atom. The van der Waals surface area contributed by atoms with Gasteiger partial charge in [0.05, 0.1) is 7.11 Å². The summed E-state index contributed by atoms with van der Waals surface area (Å²) in [4.78, 5) is 0. The van der Waals surface area contributed by atoms with Gasteiger partial charge >= 0.3 is 0 Å². The van der Waals surface area contributed by atoms with E-state index in [0.717, 1.165) is 12.2 Å². The summed E-state index contributed by atoms with van der Waals surface area (Å²) < 4.78 is 5.50. The monoisotopic (exact) mass is 281 g/mol. The second-order valence-electron chi connectivity index (χ2n) is 5.76. The van der Waals surface area contributed by atoms with Crippen molar-refractivity contribution in [3.63, 3.8) is 0 Å². The lowest BCUT2D eigenvalue weighted by molar-refractivity contribution is 0.399. The molecule has 0 radical (unpaired) electrons. The first-order valence-corrected chi connectivity index (χ1v) is 7.70. The summed E-state index contributed by atoms with van der Waals surface area (Å²) in [5, 5.41) is 3.53. The molecule has 0 spiro atoms. The molecule has 2 aromatic carbocycles. The van der Waals surface area contributed by atoms with E-state index in [1.165, 1.54) is 29.5 Å². The highest BCUT2D eigenvalue weighted by atomic mass is 16.5. The van der Waals surface area contributed by atoms with Gasteiger partial charge in [0.1, 0.15) is 5.75 Å². The summed E-state index contributed by atoms with van der Waals surface area (Å²) in [6.45, 7) is 0. The quantitative estimate of drug-likeness (QED) is 0.905. The topological polar surface area (TPSA) is 21.3 Å². The molecule has 1 N–H and O–H groups in total. The van der Waals surface area contributed by atoms with Gasteiger partial charge in [-0.05, 0) is 49.1 Å². The highest BCUT2D eigenvalue weighted by Gasteiger charge is 2.29. The Hall–Kier alpha value is -1.80. The van der Waals surface area contributed by atoms with Crippen molar-refractivity contribution in [3.8, 4) is 5.75 Å². The van der Waals surface area contributed by atoms with Gasteiger partial charge in [0.25, 0.3) is 0 Å². The minimum absolute atomic E-state index is 0.449. The van der Waals surface area contributed by atoms with Crippen LogP contribution in [-0.2, 0) is 12.8 Å². The Labute approximate surface area is 127 Å². The fourth-order valence-electron chi connectivity index (χ4n) is 3.56. The van der Waals surface area contributed by atoms with Gasteiger partial charge in [-0.2, -0.15) is 0 Å². The van der Waals surface area contributed by atoms with Crippen molar-refractivity contribution in [2.45, 2.75) is 31.2 Å². The fourth-order valence-corrected chi connectivity index (χ4v) is 3.56. The van der Waals surface area contributed by atoms with Crippen molar-refractivity contribution in [1.82, 2.24) is 5.32 Å². The van der Waals surface area contributed by atoms with Crippen molar-refractivity contribution in [3.05, 3.63) is 65.2 Å². The number of hydrogen-bond acceptors (Lipinski definition) is 2. The molecule has 110 valence electrons.